The molecule has 3 rings (SSSR count). The molecular weight excluding hydrogens is 453 g/mol. The van der Waals surface area contributed by atoms with Gasteiger partial charge in [0.15, 0.2) is 26.3 Å². The summed E-state index contributed by atoms with van der Waals surface area (Å²) in [7, 11) is -0.506. The molecule has 178 valence electrons. The highest BCUT2D eigenvalue weighted by molar-refractivity contribution is 7.97. The first-order valence-corrected chi connectivity index (χ1v) is 12.3. The van der Waals surface area contributed by atoms with Crippen molar-refractivity contribution in [3.05, 3.63) is 84.7 Å². The van der Waals surface area contributed by atoms with E-state index >= 15 is 0 Å². The van der Waals surface area contributed by atoms with Crippen LogP contribution in [0, 0.1) is 11.2 Å². The molecular formula is C27H29FNO4S+. The molecule has 0 atom stereocenters. The van der Waals surface area contributed by atoms with Gasteiger partial charge in [-0.25, -0.2) is 9.18 Å². The fourth-order valence-electron chi connectivity index (χ4n) is 2.98. The normalized spacial score (nSPS) is 11.2. The molecule has 3 aromatic rings. The van der Waals surface area contributed by atoms with Gasteiger partial charge in [-0.1, -0.05) is 43.3 Å². The van der Waals surface area contributed by atoms with Crippen LogP contribution in [0.5, 0.6) is 5.75 Å². The van der Waals surface area contributed by atoms with Gasteiger partial charge in [0, 0.05) is 6.07 Å². The molecule has 0 spiro atoms. The van der Waals surface area contributed by atoms with Crippen molar-refractivity contribution in [3.8, 4) is 5.75 Å². The number of hydrogen-bond acceptors (Lipinski definition) is 4. The molecule has 0 heterocycles. The fourth-order valence-corrected chi connectivity index (χ4v) is 5.09. The lowest BCUT2D eigenvalue weighted by atomic mass is 9.91. The molecule has 1 N–H and O–H groups in total. The van der Waals surface area contributed by atoms with Crippen molar-refractivity contribution in [3.63, 3.8) is 0 Å². The Morgan fingerprint density at radius 3 is 2.06 bits per heavy atom. The highest BCUT2D eigenvalue weighted by atomic mass is 32.2. The first-order valence-electron chi connectivity index (χ1n) is 11.1. The Balaban J connectivity index is 1.70. The molecule has 7 heteroatoms. The van der Waals surface area contributed by atoms with E-state index in [0.29, 0.717) is 6.42 Å². The van der Waals surface area contributed by atoms with Crippen LogP contribution in [0.25, 0.3) is 0 Å². The summed E-state index contributed by atoms with van der Waals surface area (Å²) in [6, 6.07) is 24.4. The molecule has 0 bridgehead atoms. The van der Waals surface area contributed by atoms with Crippen molar-refractivity contribution >= 4 is 23.0 Å². The minimum absolute atomic E-state index is 0.00531. The summed E-state index contributed by atoms with van der Waals surface area (Å²) in [5.74, 6) is -1.14. The van der Waals surface area contributed by atoms with E-state index in [1.807, 2.05) is 67.6 Å². The van der Waals surface area contributed by atoms with Crippen LogP contribution in [0.2, 0.25) is 0 Å². The van der Waals surface area contributed by atoms with E-state index in [-0.39, 0.29) is 24.9 Å². The molecule has 1 amide bonds. The van der Waals surface area contributed by atoms with Crippen molar-refractivity contribution in [2.75, 3.05) is 13.2 Å². The van der Waals surface area contributed by atoms with E-state index in [2.05, 4.69) is 5.32 Å². The number of halogens is 1. The fraction of sp³-hybridized carbons (Fsp3) is 0.259. The zero-order valence-electron chi connectivity index (χ0n) is 19.5. The third-order valence-corrected chi connectivity index (χ3v) is 7.55. The average Bonchev–Trinajstić information content (AvgIpc) is 2.85. The van der Waals surface area contributed by atoms with Crippen LogP contribution in [0.3, 0.4) is 0 Å². The number of hydrogen-bond donors (Lipinski definition) is 1. The highest BCUT2D eigenvalue weighted by Crippen LogP contribution is 2.33. The van der Waals surface area contributed by atoms with Gasteiger partial charge in [0.05, 0.1) is 22.9 Å². The van der Waals surface area contributed by atoms with Crippen LogP contribution in [0.4, 0.5) is 9.18 Å². The van der Waals surface area contributed by atoms with Gasteiger partial charge in [-0.05, 0) is 56.7 Å². The Morgan fingerprint density at radius 1 is 0.912 bits per heavy atom. The summed E-state index contributed by atoms with van der Waals surface area (Å²) in [6.45, 7) is 5.56. The van der Waals surface area contributed by atoms with Crippen molar-refractivity contribution in [2.24, 2.45) is 5.41 Å². The number of benzene rings is 3. The number of ether oxygens (including phenoxy) is 2. The van der Waals surface area contributed by atoms with Crippen molar-refractivity contribution < 1.29 is 23.5 Å². The molecule has 34 heavy (non-hydrogen) atoms. The van der Waals surface area contributed by atoms with E-state index in [9.17, 15) is 14.0 Å². The molecule has 0 fully saturated rings. The van der Waals surface area contributed by atoms with Crippen molar-refractivity contribution in [1.29, 1.82) is 0 Å². The third-order valence-electron chi connectivity index (χ3n) is 5.34. The van der Waals surface area contributed by atoms with Gasteiger partial charge in [-0.3, -0.25) is 4.79 Å². The SMILES string of the molecule is CCC(C)(C)C(=O)OCCNC(=O)Oc1cc([S+](c2ccccc2)c2ccccc2)ccc1F. The lowest BCUT2D eigenvalue weighted by Crippen LogP contribution is -2.33. The summed E-state index contributed by atoms with van der Waals surface area (Å²) in [5.41, 5.74) is -0.584. The van der Waals surface area contributed by atoms with Gasteiger partial charge in [0.25, 0.3) is 0 Å². The van der Waals surface area contributed by atoms with Gasteiger partial charge in [-0.2, -0.15) is 0 Å². The maximum absolute atomic E-state index is 14.5. The van der Waals surface area contributed by atoms with Crippen LogP contribution in [-0.2, 0) is 20.4 Å². The Hall–Kier alpha value is -3.32. The predicted octanol–water partition coefficient (Wildman–Crippen LogP) is 5.99. The van der Waals surface area contributed by atoms with Gasteiger partial charge in [-0.15, -0.1) is 0 Å². The number of carbonyl (C=O) groups excluding carboxylic acids is 2. The molecule has 0 saturated heterocycles. The topological polar surface area (TPSA) is 64.6 Å². The number of esters is 1. The molecule has 0 aliphatic carbocycles. The van der Waals surface area contributed by atoms with E-state index < -0.39 is 28.2 Å². The predicted molar refractivity (Wildman–Crippen MR) is 131 cm³/mol. The highest BCUT2D eigenvalue weighted by Gasteiger charge is 2.30. The minimum atomic E-state index is -0.818. The standard InChI is InChI=1S/C27H28FNO4S/c1-4-27(2,3)25(30)32-18-17-29-26(31)33-24-19-22(15-16-23(24)28)34(20-11-7-5-8-12-20)21-13-9-6-10-14-21/h5-16,19H,4,17-18H2,1-3H3/p+1. The summed E-state index contributed by atoms with van der Waals surface area (Å²) >= 11 is 0. The summed E-state index contributed by atoms with van der Waals surface area (Å²) in [4.78, 5) is 27.2. The lowest BCUT2D eigenvalue weighted by Gasteiger charge is -2.20. The zero-order chi connectivity index (χ0) is 24.6. The zero-order valence-corrected chi connectivity index (χ0v) is 20.4. The first kappa shape index (κ1) is 25.3. The molecule has 0 radical (unpaired) electrons. The van der Waals surface area contributed by atoms with E-state index in [4.69, 9.17) is 9.47 Å². The second-order valence-corrected chi connectivity index (χ2v) is 10.2. The van der Waals surface area contributed by atoms with E-state index in [1.165, 1.54) is 6.07 Å². The molecule has 0 aliphatic rings. The quantitative estimate of drug-likeness (QED) is 0.231. The summed E-state index contributed by atoms with van der Waals surface area (Å²) in [5, 5.41) is 2.49. The van der Waals surface area contributed by atoms with E-state index in [0.717, 1.165) is 14.7 Å². The average molecular weight is 483 g/mol. The van der Waals surface area contributed by atoms with Crippen LogP contribution in [-0.4, -0.2) is 25.2 Å². The monoisotopic (exact) mass is 482 g/mol. The Bertz CT molecular complexity index is 1070. The molecule has 5 nitrogen and oxygen atoms in total. The van der Waals surface area contributed by atoms with Crippen LogP contribution < -0.4 is 10.1 Å². The van der Waals surface area contributed by atoms with Crippen LogP contribution >= 0.6 is 0 Å². The molecule has 0 aliphatic heterocycles. The maximum atomic E-state index is 14.5. The van der Waals surface area contributed by atoms with Gasteiger partial charge < -0.3 is 14.8 Å². The first-order chi connectivity index (χ1) is 16.3. The third kappa shape index (κ3) is 6.60. The minimum Gasteiger partial charge on any atom is -0.463 e. The van der Waals surface area contributed by atoms with Gasteiger partial charge in [0.1, 0.15) is 6.61 Å². The number of amides is 1. The Kier molecular flexibility index (Phi) is 8.71. The Labute approximate surface area is 202 Å². The van der Waals surface area contributed by atoms with Crippen LogP contribution in [0.1, 0.15) is 27.2 Å². The lowest BCUT2D eigenvalue weighted by molar-refractivity contribution is -0.153. The van der Waals surface area contributed by atoms with E-state index in [1.54, 1.807) is 26.0 Å². The Morgan fingerprint density at radius 2 is 1.50 bits per heavy atom. The molecule has 0 unspecified atom stereocenters. The number of rotatable bonds is 9. The van der Waals surface area contributed by atoms with Crippen molar-refractivity contribution in [1.82, 2.24) is 5.32 Å². The number of carbonyl (C=O) groups is 2. The second kappa shape index (κ2) is 11.7. The molecule has 0 aromatic heterocycles. The largest absolute Gasteiger partial charge is 0.463 e. The summed E-state index contributed by atoms with van der Waals surface area (Å²) in [6.07, 6.45) is -0.175. The smallest absolute Gasteiger partial charge is 0.412 e. The molecule has 3 aromatic carbocycles. The van der Waals surface area contributed by atoms with Gasteiger partial charge in [0.2, 0.25) is 0 Å². The maximum Gasteiger partial charge on any atom is 0.412 e. The van der Waals surface area contributed by atoms with Crippen molar-refractivity contribution in [2.45, 2.75) is 41.9 Å². The molecule has 0 saturated carbocycles. The van der Waals surface area contributed by atoms with Gasteiger partial charge >= 0.3 is 12.1 Å². The summed E-state index contributed by atoms with van der Waals surface area (Å²) < 4.78 is 24.9. The van der Waals surface area contributed by atoms with Crippen LogP contribution in [0.15, 0.2) is 93.5 Å². The number of nitrogens with one attached hydrogen (secondary N) is 1. The second-order valence-electron chi connectivity index (χ2n) is 8.21.